The highest BCUT2D eigenvalue weighted by Crippen LogP contribution is 2.40. The monoisotopic (exact) mass is 340 g/mol. The van der Waals surface area contributed by atoms with Crippen LogP contribution in [0.25, 0.3) is 0 Å². The van der Waals surface area contributed by atoms with Crippen molar-refractivity contribution < 1.29 is 9.53 Å². The van der Waals surface area contributed by atoms with Gasteiger partial charge in [-0.25, -0.2) is 9.97 Å². The minimum absolute atomic E-state index is 0. The summed E-state index contributed by atoms with van der Waals surface area (Å²) >= 11 is 0. The number of halogens is 1. The van der Waals surface area contributed by atoms with E-state index in [1.165, 1.54) is 12.8 Å². The number of hydrogen-bond donors (Lipinski definition) is 1. The summed E-state index contributed by atoms with van der Waals surface area (Å²) in [5, 5.41) is 3.00. The van der Waals surface area contributed by atoms with Crippen LogP contribution in [-0.4, -0.2) is 47.5 Å². The van der Waals surface area contributed by atoms with Gasteiger partial charge in [-0.1, -0.05) is 0 Å². The van der Waals surface area contributed by atoms with Gasteiger partial charge in [0, 0.05) is 37.5 Å². The van der Waals surface area contributed by atoms with Crippen molar-refractivity contribution in [2.24, 2.45) is 5.41 Å². The van der Waals surface area contributed by atoms with E-state index in [-0.39, 0.29) is 18.3 Å². The third kappa shape index (κ3) is 4.54. The van der Waals surface area contributed by atoms with Gasteiger partial charge in [-0.2, -0.15) is 0 Å². The molecule has 0 radical (unpaired) electrons. The molecule has 1 aromatic rings. The predicted molar refractivity (Wildman–Crippen MR) is 89.6 cm³/mol. The number of nitrogens with one attached hydrogen (secondary N) is 1. The van der Waals surface area contributed by atoms with Crippen molar-refractivity contribution in [1.82, 2.24) is 20.2 Å². The zero-order valence-electron chi connectivity index (χ0n) is 13.6. The van der Waals surface area contributed by atoms with Crippen molar-refractivity contribution in [3.05, 3.63) is 18.0 Å². The van der Waals surface area contributed by atoms with E-state index in [1.54, 1.807) is 7.11 Å². The molecule has 2 aliphatic rings. The van der Waals surface area contributed by atoms with E-state index in [9.17, 15) is 4.79 Å². The summed E-state index contributed by atoms with van der Waals surface area (Å²) in [5.74, 6) is 0.217. The van der Waals surface area contributed by atoms with Crippen molar-refractivity contribution in [3.8, 4) is 6.01 Å². The molecular formula is C16H25ClN4O2. The summed E-state index contributed by atoms with van der Waals surface area (Å²) in [6.45, 7) is 3.89. The zero-order chi connectivity index (χ0) is 15.4. The molecule has 6 nitrogen and oxygen atoms in total. The normalized spacial score (nSPS) is 21.2. The number of aromatic nitrogens is 2. The predicted octanol–water partition coefficient (Wildman–Crippen LogP) is 1.79. The van der Waals surface area contributed by atoms with Gasteiger partial charge in [0.25, 0.3) is 0 Å². The Morgan fingerprint density at radius 3 is 2.57 bits per heavy atom. The summed E-state index contributed by atoms with van der Waals surface area (Å²) < 4.78 is 4.99. The number of methoxy groups -OCH3 is 1. The number of likely N-dealkylation sites (tertiary alicyclic amines) is 1. The largest absolute Gasteiger partial charge is 0.467 e. The molecule has 2 fully saturated rings. The van der Waals surface area contributed by atoms with Crippen LogP contribution in [0.3, 0.4) is 0 Å². The third-order valence-electron chi connectivity index (χ3n) is 5.05. The van der Waals surface area contributed by atoms with Crippen LogP contribution in [-0.2, 0) is 11.3 Å². The number of hydrogen-bond acceptors (Lipinski definition) is 5. The smallest absolute Gasteiger partial charge is 0.316 e. The zero-order valence-corrected chi connectivity index (χ0v) is 14.4. The minimum atomic E-state index is 0. The molecule has 23 heavy (non-hydrogen) atoms. The van der Waals surface area contributed by atoms with E-state index in [4.69, 9.17) is 4.74 Å². The van der Waals surface area contributed by atoms with Gasteiger partial charge in [-0.05, 0) is 44.2 Å². The van der Waals surface area contributed by atoms with E-state index in [0.717, 1.165) is 44.6 Å². The Kier molecular flexibility index (Phi) is 6.18. The molecular weight excluding hydrogens is 316 g/mol. The summed E-state index contributed by atoms with van der Waals surface area (Å²) in [6.07, 6.45) is 8.88. The highest BCUT2D eigenvalue weighted by atomic mass is 35.5. The lowest BCUT2D eigenvalue weighted by Crippen LogP contribution is -2.40. The SMILES string of the molecule is COc1ncc(CN2CCC3(CCNC(=O)CC3)CC2)cn1.Cl. The maximum Gasteiger partial charge on any atom is 0.316 e. The first kappa shape index (κ1) is 17.9. The Balaban J connectivity index is 0.00000192. The molecule has 128 valence electrons. The number of piperidine rings is 1. The number of carbonyl (C=O) groups is 1. The van der Waals surface area contributed by atoms with Gasteiger partial charge in [0.05, 0.1) is 7.11 Å². The molecule has 0 saturated carbocycles. The summed E-state index contributed by atoms with van der Waals surface area (Å²) in [5.41, 5.74) is 1.49. The molecule has 2 aliphatic heterocycles. The van der Waals surface area contributed by atoms with Crippen LogP contribution in [0.2, 0.25) is 0 Å². The molecule has 2 saturated heterocycles. The standard InChI is InChI=1S/C16H24N4O2.ClH/c1-22-15-18-10-13(11-19-15)12-20-8-5-16(6-9-20)3-2-14(21)17-7-4-16;/h10-11H,2-9,12H2,1H3,(H,17,21);1H. The van der Waals surface area contributed by atoms with Crippen LogP contribution in [0.4, 0.5) is 0 Å². The van der Waals surface area contributed by atoms with E-state index in [2.05, 4.69) is 20.2 Å². The molecule has 0 aromatic carbocycles. The second kappa shape index (κ2) is 7.93. The first-order valence-corrected chi connectivity index (χ1v) is 8.03. The third-order valence-corrected chi connectivity index (χ3v) is 5.05. The highest BCUT2D eigenvalue weighted by Gasteiger charge is 2.35. The van der Waals surface area contributed by atoms with Crippen molar-refractivity contribution in [3.63, 3.8) is 0 Å². The molecule has 3 rings (SSSR count). The van der Waals surface area contributed by atoms with E-state index >= 15 is 0 Å². The Bertz CT molecular complexity index is 515. The van der Waals surface area contributed by atoms with Crippen molar-refractivity contribution in [1.29, 1.82) is 0 Å². The topological polar surface area (TPSA) is 67.3 Å². The minimum Gasteiger partial charge on any atom is -0.467 e. The van der Waals surface area contributed by atoms with Gasteiger partial charge >= 0.3 is 6.01 Å². The quantitative estimate of drug-likeness (QED) is 0.908. The highest BCUT2D eigenvalue weighted by molar-refractivity contribution is 5.85. The van der Waals surface area contributed by atoms with Crippen LogP contribution in [0, 0.1) is 5.41 Å². The molecule has 0 unspecified atom stereocenters. The first-order valence-electron chi connectivity index (χ1n) is 8.03. The van der Waals surface area contributed by atoms with Gasteiger partial charge in [0.1, 0.15) is 0 Å². The average Bonchev–Trinajstić information content (AvgIpc) is 2.73. The lowest BCUT2D eigenvalue weighted by molar-refractivity contribution is -0.121. The molecule has 3 heterocycles. The lowest BCUT2D eigenvalue weighted by atomic mass is 9.73. The molecule has 7 heteroatoms. The Morgan fingerprint density at radius 1 is 1.22 bits per heavy atom. The van der Waals surface area contributed by atoms with Gasteiger partial charge in [-0.15, -0.1) is 12.4 Å². The van der Waals surface area contributed by atoms with Crippen molar-refractivity contribution >= 4 is 18.3 Å². The molecule has 1 spiro atoms. The van der Waals surface area contributed by atoms with E-state index < -0.39 is 0 Å². The fourth-order valence-electron chi connectivity index (χ4n) is 3.53. The molecule has 1 amide bonds. The molecule has 0 aliphatic carbocycles. The second-order valence-electron chi connectivity index (χ2n) is 6.45. The first-order chi connectivity index (χ1) is 10.7. The Morgan fingerprint density at radius 2 is 1.91 bits per heavy atom. The maximum atomic E-state index is 11.5. The van der Waals surface area contributed by atoms with Gasteiger partial charge < -0.3 is 10.1 Å². The average molecular weight is 341 g/mol. The van der Waals surface area contributed by atoms with Gasteiger partial charge in [-0.3, -0.25) is 9.69 Å². The van der Waals surface area contributed by atoms with Crippen LogP contribution in [0.15, 0.2) is 12.4 Å². The summed E-state index contributed by atoms with van der Waals surface area (Å²) in [4.78, 5) is 22.3. The Labute approximate surface area is 143 Å². The lowest BCUT2D eigenvalue weighted by Gasteiger charge is -2.41. The number of nitrogens with zero attached hydrogens (tertiary/aromatic N) is 3. The fraction of sp³-hybridized carbons (Fsp3) is 0.688. The number of carbonyl (C=O) groups excluding carboxylic acids is 1. The van der Waals surface area contributed by atoms with Gasteiger partial charge in [0.15, 0.2) is 0 Å². The number of rotatable bonds is 3. The second-order valence-corrected chi connectivity index (χ2v) is 6.45. The van der Waals surface area contributed by atoms with Crippen LogP contribution < -0.4 is 10.1 Å². The van der Waals surface area contributed by atoms with Gasteiger partial charge in [0.2, 0.25) is 5.91 Å². The maximum absolute atomic E-state index is 11.5. The van der Waals surface area contributed by atoms with E-state index in [0.29, 0.717) is 17.8 Å². The van der Waals surface area contributed by atoms with Crippen LogP contribution >= 0.6 is 12.4 Å². The van der Waals surface area contributed by atoms with E-state index in [1.807, 2.05) is 12.4 Å². The number of amides is 1. The molecule has 0 atom stereocenters. The molecule has 1 aromatic heterocycles. The van der Waals surface area contributed by atoms with Crippen molar-refractivity contribution in [2.75, 3.05) is 26.7 Å². The molecule has 1 N–H and O–H groups in total. The van der Waals surface area contributed by atoms with Crippen molar-refractivity contribution in [2.45, 2.75) is 38.6 Å². The summed E-state index contributed by atoms with van der Waals surface area (Å²) in [6, 6.07) is 0.414. The fourth-order valence-corrected chi connectivity index (χ4v) is 3.53. The number of ether oxygens (including phenoxy) is 1. The Hall–Kier alpha value is -1.40. The van der Waals surface area contributed by atoms with Crippen LogP contribution in [0.5, 0.6) is 6.01 Å². The van der Waals surface area contributed by atoms with Crippen LogP contribution in [0.1, 0.15) is 37.7 Å². The summed E-state index contributed by atoms with van der Waals surface area (Å²) in [7, 11) is 1.57. The molecule has 0 bridgehead atoms.